The lowest BCUT2D eigenvalue weighted by Crippen LogP contribution is -2.35. The van der Waals surface area contributed by atoms with E-state index < -0.39 is 6.36 Å². The number of para-hydroxylation sites is 1. The summed E-state index contributed by atoms with van der Waals surface area (Å²) in [6, 6.07) is 21.0. The van der Waals surface area contributed by atoms with Crippen LogP contribution >= 0.6 is 24.0 Å². The molecule has 1 saturated heterocycles. The molecular formula is C32H31F3N6O2S2. The summed E-state index contributed by atoms with van der Waals surface area (Å²) < 4.78 is 42.7. The van der Waals surface area contributed by atoms with E-state index in [0.717, 1.165) is 22.4 Å². The molecule has 1 aliphatic heterocycles. The van der Waals surface area contributed by atoms with Crippen molar-refractivity contribution in [1.29, 1.82) is 0 Å². The van der Waals surface area contributed by atoms with Crippen molar-refractivity contribution in [3.05, 3.63) is 90.3 Å². The van der Waals surface area contributed by atoms with Gasteiger partial charge in [-0.05, 0) is 72.4 Å². The Morgan fingerprint density at radius 2 is 1.76 bits per heavy atom. The van der Waals surface area contributed by atoms with E-state index in [4.69, 9.17) is 12.2 Å². The van der Waals surface area contributed by atoms with E-state index in [-0.39, 0.29) is 23.1 Å². The van der Waals surface area contributed by atoms with Gasteiger partial charge in [0.15, 0.2) is 16.1 Å². The first-order valence-electron chi connectivity index (χ1n) is 14.1. The summed E-state index contributed by atoms with van der Waals surface area (Å²) in [7, 11) is 0. The smallest absolute Gasteiger partial charge is 0.406 e. The van der Waals surface area contributed by atoms with Crippen LogP contribution in [-0.2, 0) is 16.6 Å². The molecule has 234 valence electrons. The second-order valence-electron chi connectivity index (χ2n) is 11.5. The molecule has 1 amide bonds. The van der Waals surface area contributed by atoms with Gasteiger partial charge in [0.2, 0.25) is 5.91 Å². The number of hydrogen-bond acceptors (Lipinski definition) is 6. The third kappa shape index (κ3) is 8.08. The maximum absolute atomic E-state index is 12.9. The number of amidine groups is 1. The van der Waals surface area contributed by atoms with Gasteiger partial charge in [0.1, 0.15) is 12.1 Å². The Balaban J connectivity index is 1.20. The number of thioether (sulfide) groups is 1. The highest BCUT2D eigenvalue weighted by Crippen LogP contribution is 2.36. The number of nitrogens with zero attached hydrogens (tertiary/aromatic N) is 5. The van der Waals surface area contributed by atoms with E-state index in [2.05, 4.69) is 45.9 Å². The minimum absolute atomic E-state index is 0.0286. The van der Waals surface area contributed by atoms with Crippen molar-refractivity contribution < 1.29 is 22.7 Å². The van der Waals surface area contributed by atoms with Crippen molar-refractivity contribution in [2.24, 2.45) is 4.99 Å². The summed E-state index contributed by atoms with van der Waals surface area (Å²) in [5, 5.41) is 8.58. The maximum atomic E-state index is 12.9. The summed E-state index contributed by atoms with van der Waals surface area (Å²) in [5.74, 6) is 0.439. The van der Waals surface area contributed by atoms with Gasteiger partial charge in [0.25, 0.3) is 0 Å². The zero-order valence-electron chi connectivity index (χ0n) is 25.0. The van der Waals surface area contributed by atoms with Crippen molar-refractivity contribution in [2.45, 2.75) is 51.9 Å². The Morgan fingerprint density at radius 1 is 1.07 bits per heavy atom. The third-order valence-corrected chi connectivity index (χ3v) is 8.00. The summed E-state index contributed by atoms with van der Waals surface area (Å²) in [6.07, 6.45) is -2.59. The van der Waals surface area contributed by atoms with Gasteiger partial charge in [-0.3, -0.25) is 9.69 Å². The number of carbonyl (C=O) groups excluding carboxylic acids is 1. The van der Waals surface area contributed by atoms with Crippen molar-refractivity contribution in [3.8, 4) is 22.8 Å². The number of ether oxygens (including phenoxy) is 1. The highest BCUT2D eigenvalue weighted by atomic mass is 32.2. The third-order valence-electron chi connectivity index (χ3n) is 6.87. The predicted molar refractivity (Wildman–Crippen MR) is 175 cm³/mol. The number of amides is 1. The van der Waals surface area contributed by atoms with E-state index in [1.54, 1.807) is 4.90 Å². The fourth-order valence-electron chi connectivity index (χ4n) is 4.83. The molecule has 3 aromatic carbocycles. The monoisotopic (exact) mass is 652 g/mol. The van der Waals surface area contributed by atoms with Gasteiger partial charge in [0.05, 0.1) is 17.1 Å². The van der Waals surface area contributed by atoms with Crippen LogP contribution in [0.5, 0.6) is 5.75 Å². The molecule has 0 aliphatic carbocycles. The van der Waals surface area contributed by atoms with E-state index >= 15 is 0 Å². The second kappa shape index (κ2) is 13.0. The molecule has 4 aromatic rings. The molecule has 1 N–H and O–H groups in total. The number of aliphatic imine (C=N–C) groups is 1. The van der Waals surface area contributed by atoms with Crippen molar-refractivity contribution in [3.63, 3.8) is 0 Å². The van der Waals surface area contributed by atoms with Gasteiger partial charge in [-0.2, -0.15) is 4.99 Å². The van der Waals surface area contributed by atoms with Crippen LogP contribution in [0.3, 0.4) is 0 Å². The Hall–Kier alpha value is -4.23. The second-order valence-corrected chi connectivity index (χ2v) is 12.8. The first kappa shape index (κ1) is 32.2. The van der Waals surface area contributed by atoms with Crippen LogP contribution in [0, 0.1) is 0 Å². The lowest BCUT2D eigenvalue weighted by molar-refractivity contribution is -0.274. The molecule has 13 heteroatoms. The molecule has 0 radical (unpaired) electrons. The maximum Gasteiger partial charge on any atom is 0.573 e. The van der Waals surface area contributed by atoms with Crippen molar-refractivity contribution in [2.75, 3.05) is 10.7 Å². The SMILES string of the molecule is CC(Cc1ccc(-c2ncn(-c3ccc(OC(F)(F)F)cc3)n2)cc1)NC(=S)/N=C1\SCC(=O)N1c1ccccc1C(C)(C)C. The number of anilines is 1. The highest BCUT2D eigenvalue weighted by molar-refractivity contribution is 8.15. The highest BCUT2D eigenvalue weighted by Gasteiger charge is 2.34. The molecule has 1 unspecified atom stereocenters. The molecule has 1 aliphatic rings. The van der Waals surface area contributed by atoms with Crippen molar-refractivity contribution in [1.82, 2.24) is 20.1 Å². The van der Waals surface area contributed by atoms with E-state index in [1.165, 1.54) is 47.0 Å². The van der Waals surface area contributed by atoms with Crippen LogP contribution in [-0.4, -0.2) is 49.1 Å². The molecule has 2 heterocycles. The standard InChI is InChI=1S/C32H31F3N6O2S2/c1-20(37-29(44)38-30-41(27(42)18-45-30)26-8-6-5-7-25(26)31(2,3)4)17-21-9-11-22(12-10-21)28-36-19-40(39-28)23-13-15-24(16-14-23)43-32(33,34)35/h5-16,19-20H,17-18H2,1-4H3,(H,37,44)/b38-30-. The van der Waals surface area contributed by atoms with Crippen LogP contribution < -0.4 is 15.0 Å². The molecule has 45 heavy (non-hydrogen) atoms. The van der Waals surface area contributed by atoms with Gasteiger partial charge in [-0.25, -0.2) is 9.67 Å². The molecule has 1 atom stereocenters. The lowest BCUT2D eigenvalue weighted by atomic mass is 9.85. The van der Waals surface area contributed by atoms with Crippen LogP contribution in [0.4, 0.5) is 18.9 Å². The first-order valence-corrected chi connectivity index (χ1v) is 15.5. The predicted octanol–water partition coefficient (Wildman–Crippen LogP) is 7.07. The minimum atomic E-state index is -4.75. The number of benzene rings is 3. The number of aromatic nitrogens is 3. The Morgan fingerprint density at radius 3 is 2.42 bits per heavy atom. The number of nitrogens with one attached hydrogen (secondary N) is 1. The van der Waals surface area contributed by atoms with E-state index in [1.807, 2.05) is 55.5 Å². The van der Waals surface area contributed by atoms with E-state index in [0.29, 0.717) is 34.0 Å². The summed E-state index contributed by atoms with van der Waals surface area (Å²) in [5.41, 5.74) is 4.11. The number of carbonyl (C=O) groups is 1. The lowest BCUT2D eigenvalue weighted by Gasteiger charge is -2.27. The zero-order chi connectivity index (χ0) is 32.4. The van der Waals surface area contributed by atoms with Gasteiger partial charge in [-0.15, -0.1) is 18.3 Å². The zero-order valence-corrected chi connectivity index (χ0v) is 26.6. The minimum Gasteiger partial charge on any atom is -0.406 e. The fraction of sp³-hybridized carbons (Fsp3) is 0.281. The van der Waals surface area contributed by atoms with Crippen LogP contribution in [0.2, 0.25) is 0 Å². The summed E-state index contributed by atoms with van der Waals surface area (Å²) in [6.45, 7) is 8.35. The number of thiocarbonyl (C=S) groups is 1. The fourth-order valence-corrected chi connectivity index (χ4v) is 6.04. The summed E-state index contributed by atoms with van der Waals surface area (Å²) in [4.78, 5) is 23.5. The van der Waals surface area contributed by atoms with Gasteiger partial charge in [0, 0.05) is 11.6 Å². The molecular weight excluding hydrogens is 622 g/mol. The van der Waals surface area contributed by atoms with Crippen LogP contribution in [0.15, 0.2) is 84.1 Å². The van der Waals surface area contributed by atoms with Crippen LogP contribution in [0.25, 0.3) is 17.1 Å². The number of halogens is 3. The molecule has 0 spiro atoms. The van der Waals surface area contributed by atoms with Crippen molar-refractivity contribution >= 4 is 45.9 Å². The van der Waals surface area contributed by atoms with Crippen LogP contribution in [0.1, 0.15) is 38.8 Å². The van der Waals surface area contributed by atoms with Gasteiger partial charge in [-0.1, -0.05) is 75.0 Å². The normalized spacial score (nSPS) is 15.4. The molecule has 0 saturated carbocycles. The first-order chi connectivity index (χ1) is 21.3. The van der Waals surface area contributed by atoms with Gasteiger partial charge < -0.3 is 10.1 Å². The number of hydrogen-bond donors (Lipinski definition) is 1. The molecule has 8 nitrogen and oxygen atoms in total. The van der Waals surface area contributed by atoms with E-state index in [9.17, 15) is 18.0 Å². The van der Waals surface area contributed by atoms with Gasteiger partial charge >= 0.3 is 6.36 Å². The Bertz CT molecular complexity index is 1710. The average molecular weight is 653 g/mol. The molecule has 0 bridgehead atoms. The quantitative estimate of drug-likeness (QED) is 0.214. The summed E-state index contributed by atoms with van der Waals surface area (Å²) >= 11 is 6.94. The Labute approximate surface area is 268 Å². The molecule has 1 aromatic heterocycles. The molecule has 5 rings (SSSR count). The largest absolute Gasteiger partial charge is 0.573 e. The Kier molecular flexibility index (Phi) is 9.31. The number of rotatable bonds is 7. The topological polar surface area (TPSA) is 84.6 Å². The number of alkyl halides is 3. The molecule has 1 fully saturated rings. The average Bonchev–Trinajstić information content (AvgIpc) is 3.59.